The van der Waals surface area contributed by atoms with Crippen molar-refractivity contribution in [3.8, 4) is 0 Å². The summed E-state index contributed by atoms with van der Waals surface area (Å²) < 4.78 is 0. The zero-order valence-electron chi connectivity index (χ0n) is 10.6. The fraction of sp³-hybridized carbons (Fsp3) is 0.286. The molecule has 1 aliphatic rings. The summed E-state index contributed by atoms with van der Waals surface area (Å²) in [4.78, 5) is 13.8. The van der Waals surface area contributed by atoms with Crippen molar-refractivity contribution in [3.63, 3.8) is 0 Å². The standard InChI is InChI=1S/C14H15ClN2OS/c1-2-3-7-17-13(18)12(16-14(17)19)9-10-5-4-6-11(15)8-10/h4-6,8-9H,2-3,7H2,1H3,(H,16,19)/b12-9+. The molecule has 19 heavy (non-hydrogen) atoms. The minimum atomic E-state index is -0.0709. The van der Waals surface area contributed by atoms with Crippen LogP contribution < -0.4 is 5.32 Å². The molecule has 1 saturated heterocycles. The van der Waals surface area contributed by atoms with Crippen LogP contribution in [0.4, 0.5) is 0 Å². The molecule has 0 bridgehead atoms. The third-order valence-corrected chi connectivity index (χ3v) is 3.41. The molecule has 1 aromatic carbocycles. The Morgan fingerprint density at radius 3 is 2.95 bits per heavy atom. The van der Waals surface area contributed by atoms with E-state index in [0.29, 0.717) is 22.4 Å². The van der Waals surface area contributed by atoms with Gasteiger partial charge < -0.3 is 5.32 Å². The Kier molecular flexibility index (Phi) is 4.56. The molecular formula is C14H15ClN2OS. The molecule has 5 heteroatoms. The van der Waals surface area contributed by atoms with Crippen LogP contribution in [-0.4, -0.2) is 22.5 Å². The normalized spacial score (nSPS) is 17.2. The van der Waals surface area contributed by atoms with Crippen LogP contribution >= 0.6 is 23.8 Å². The maximum Gasteiger partial charge on any atom is 0.276 e. The summed E-state index contributed by atoms with van der Waals surface area (Å²) in [6, 6.07) is 7.35. The Morgan fingerprint density at radius 1 is 1.47 bits per heavy atom. The van der Waals surface area contributed by atoms with E-state index in [1.54, 1.807) is 23.1 Å². The lowest BCUT2D eigenvalue weighted by molar-refractivity contribution is -0.122. The van der Waals surface area contributed by atoms with Crippen LogP contribution in [0.2, 0.25) is 5.02 Å². The Hall–Kier alpha value is -1.39. The summed E-state index contributed by atoms with van der Waals surface area (Å²) in [6.45, 7) is 2.74. The smallest absolute Gasteiger partial charge is 0.276 e. The molecule has 1 aromatic rings. The minimum absolute atomic E-state index is 0.0709. The van der Waals surface area contributed by atoms with Gasteiger partial charge in [-0.1, -0.05) is 37.1 Å². The summed E-state index contributed by atoms with van der Waals surface area (Å²) >= 11 is 11.1. The number of carbonyl (C=O) groups excluding carboxylic acids is 1. The highest BCUT2D eigenvalue weighted by atomic mass is 35.5. The van der Waals surface area contributed by atoms with E-state index in [-0.39, 0.29) is 5.91 Å². The van der Waals surface area contributed by atoms with Crippen molar-refractivity contribution in [2.75, 3.05) is 6.54 Å². The van der Waals surface area contributed by atoms with Crippen LogP contribution in [-0.2, 0) is 4.79 Å². The number of halogens is 1. The van der Waals surface area contributed by atoms with E-state index in [2.05, 4.69) is 12.2 Å². The summed E-state index contributed by atoms with van der Waals surface area (Å²) in [5, 5.41) is 4.08. The fourth-order valence-electron chi connectivity index (χ4n) is 1.85. The lowest BCUT2D eigenvalue weighted by atomic mass is 10.2. The number of benzene rings is 1. The van der Waals surface area contributed by atoms with Crippen molar-refractivity contribution in [2.45, 2.75) is 19.8 Å². The highest BCUT2D eigenvalue weighted by Crippen LogP contribution is 2.17. The molecule has 1 N–H and O–H groups in total. The second-order valence-corrected chi connectivity index (χ2v) is 5.18. The third-order valence-electron chi connectivity index (χ3n) is 2.86. The van der Waals surface area contributed by atoms with Gasteiger partial charge in [-0.15, -0.1) is 0 Å². The summed E-state index contributed by atoms with van der Waals surface area (Å²) in [7, 11) is 0. The number of carbonyl (C=O) groups is 1. The zero-order chi connectivity index (χ0) is 13.8. The summed E-state index contributed by atoms with van der Waals surface area (Å²) in [5.74, 6) is -0.0709. The lowest BCUT2D eigenvalue weighted by Gasteiger charge is -2.12. The van der Waals surface area contributed by atoms with Gasteiger partial charge in [-0.25, -0.2) is 0 Å². The Bertz CT molecular complexity index is 542. The molecule has 0 atom stereocenters. The van der Waals surface area contributed by atoms with E-state index in [9.17, 15) is 4.79 Å². The number of rotatable bonds is 4. The Balaban J connectivity index is 2.18. The highest BCUT2D eigenvalue weighted by molar-refractivity contribution is 7.80. The number of hydrogen-bond donors (Lipinski definition) is 1. The first kappa shape index (κ1) is 14.0. The number of hydrogen-bond acceptors (Lipinski definition) is 2. The van der Waals surface area contributed by atoms with Crippen LogP contribution in [0, 0.1) is 0 Å². The number of amides is 1. The van der Waals surface area contributed by atoms with E-state index >= 15 is 0 Å². The number of nitrogens with zero attached hydrogens (tertiary/aromatic N) is 1. The van der Waals surface area contributed by atoms with Crippen molar-refractivity contribution >= 4 is 40.9 Å². The SMILES string of the molecule is CCCCN1C(=O)/C(=C\c2cccc(Cl)c2)NC1=S. The van der Waals surface area contributed by atoms with Gasteiger partial charge in [0.1, 0.15) is 5.70 Å². The van der Waals surface area contributed by atoms with Crippen molar-refractivity contribution in [3.05, 3.63) is 40.5 Å². The van der Waals surface area contributed by atoms with Gasteiger partial charge in [0.25, 0.3) is 5.91 Å². The predicted molar refractivity (Wildman–Crippen MR) is 81.8 cm³/mol. The maximum atomic E-state index is 12.2. The van der Waals surface area contributed by atoms with E-state index in [1.807, 2.05) is 12.1 Å². The van der Waals surface area contributed by atoms with Gasteiger partial charge in [0.2, 0.25) is 0 Å². The largest absolute Gasteiger partial charge is 0.328 e. The van der Waals surface area contributed by atoms with Crippen molar-refractivity contribution in [1.82, 2.24) is 10.2 Å². The monoisotopic (exact) mass is 294 g/mol. The second-order valence-electron chi connectivity index (χ2n) is 4.35. The molecule has 0 saturated carbocycles. The van der Waals surface area contributed by atoms with Crippen LogP contribution in [0.25, 0.3) is 6.08 Å². The zero-order valence-corrected chi connectivity index (χ0v) is 12.2. The molecule has 0 radical (unpaired) electrons. The number of thiocarbonyl (C=S) groups is 1. The first-order valence-electron chi connectivity index (χ1n) is 6.22. The molecule has 1 aliphatic heterocycles. The summed E-state index contributed by atoms with van der Waals surface area (Å²) in [5.41, 5.74) is 1.38. The van der Waals surface area contributed by atoms with Gasteiger partial charge in [0, 0.05) is 11.6 Å². The average molecular weight is 295 g/mol. The first-order chi connectivity index (χ1) is 9.11. The predicted octanol–water partition coefficient (Wildman–Crippen LogP) is 3.20. The van der Waals surface area contributed by atoms with Crippen molar-refractivity contribution in [2.24, 2.45) is 0 Å². The molecule has 2 rings (SSSR count). The third kappa shape index (κ3) is 3.33. The first-order valence-corrected chi connectivity index (χ1v) is 7.00. The molecule has 3 nitrogen and oxygen atoms in total. The van der Waals surface area contributed by atoms with Crippen LogP contribution in [0.15, 0.2) is 30.0 Å². The van der Waals surface area contributed by atoms with Crippen molar-refractivity contribution in [1.29, 1.82) is 0 Å². The molecule has 1 amide bonds. The van der Waals surface area contributed by atoms with Gasteiger partial charge in [-0.3, -0.25) is 9.69 Å². The van der Waals surface area contributed by atoms with E-state index < -0.39 is 0 Å². The Morgan fingerprint density at radius 2 is 2.26 bits per heavy atom. The molecule has 0 aromatic heterocycles. The molecule has 0 spiro atoms. The number of unbranched alkanes of at least 4 members (excludes halogenated alkanes) is 1. The quantitative estimate of drug-likeness (QED) is 0.684. The Labute approximate surface area is 123 Å². The topological polar surface area (TPSA) is 32.3 Å². The second kappa shape index (κ2) is 6.17. The van der Waals surface area contributed by atoms with Crippen LogP contribution in [0.1, 0.15) is 25.3 Å². The van der Waals surface area contributed by atoms with Crippen molar-refractivity contribution < 1.29 is 4.79 Å². The van der Waals surface area contributed by atoms with Gasteiger partial charge in [-0.2, -0.15) is 0 Å². The van der Waals surface area contributed by atoms with Gasteiger partial charge >= 0.3 is 0 Å². The average Bonchev–Trinajstić information content (AvgIpc) is 2.62. The maximum absolute atomic E-state index is 12.2. The van der Waals surface area contributed by atoms with Crippen LogP contribution in [0.3, 0.4) is 0 Å². The lowest BCUT2D eigenvalue weighted by Crippen LogP contribution is -2.31. The van der Waals surface area contributed by atoms with Gasteiger partial charge in [-0.05, 0) is 42.4 Å². The van der Waals surface area contributed by atoms with Crippen LogP contribution in [0.5, 0.6) is 0 Å². The molecular weight excluding hydrogens is 280 g/mol. The molecule has 1 fully saturated rings. The molecule has 0 aliphatic carbocycles. The number of nitrogens with one attached hydrogen (secondary N) is 1. The molecule has 100 valence electrons. The van der Waals surface area contributed by atoms with E-state index in [4.69, 9.17) is 23.8 Å². The highest BCUT2D eigenvalue weighted by Gasteiger charge is 2.29. The molecule has 1 heterocycles. The van der Waals surface area contributed by atoms with Gasteiger partial charge in [0.05, 0.1) is 0 Å². The van der Waals surface area contributed by atoms with E-state index in [0.717, 1.165) is 18.4 Å². The fourth-order valence-corrected chi connectivity index (χ4v) is 2.34. The summed E-state index contributed by atoms with van der Waals surface area (Å²) in [6.07, 6.45) is 3.74. The minimum Gasteiger partial charge on any atom is -0.328 e. The van der Waals surface area contributed by atoms with Gasteiger partial charge in [0.15, 0.2) is 5.11 Å². The van der Waals surface area contributed by atoms with E-state index in [1.165, 1.54) is 0 Å². The molecule has 0 unspecified atom stereocenters.